The quantitative estimate of drug-likeness (QED) is 0.483. The van der Waals surface area contributed by atoms with Crippen LogP contribution in [0.2, 0.25) is 0 Å². The molecule has 0 fully saturated rings. The molecule has 0 saturated carbocycles. The van der Waals surface area contributed by atoms with Crippen LogP contribution in [0, 0.1) is 0 Å². The van der Waals surface area contributed by atoms with Gasteiger partial charge in [-0.05, 0) is 0 Å². The Kier molecular flexibility index (Phi) is 2.61. The Labute approximate surface area is 44.6 Å². The van der Waals surface area contributed by atoms with Crippen molar-refractivity contribution in [2.45, 2.75) is 0 Å². The second kappa shape index (κ2) is 3.01. The van der Waals surface area contributed by atoms with Crippen molar-refractivity contribution in [1.82, 2.24) is 0 Å². The second-order valence-corrected chi connectivity index (χ2v) is 0.948. The molecular formula is C4H4F2O2. The van der Waals surface area contributed by atoms with Crippen molar-refractivity contribution in [2.75, 3.05) is 0 Å². The third-order valence-corrected chi connectivity index (χ3v) is 0.475. The van der Waals surface area contributed by atoms with Gasteiger partial charge in [0, 0.05) is 0 Å². The van der Waals surface area contributed by atoms with Gasteiger partial charge in [-0.2, -0.15) is 4.39 Å². The zero-order chi connectivity index (χ0) is 5.11. The zero-order valence-electron chi connectivity index (χ0n) is 3.83. The number of ether oxygens (including phenoxy) is 2. The molecule has 1 aliphatic rings. The Morgan fingerprint density at radius 2 is 2.12 bits per heavy atom. The minimum absolute atomic E-state index is 0. The van der Waals surface area contributed by atoms with Crippen LogP contribution in [0.1, 0.15) is 0 Å². The minimum atomic E-state index is -0.720. The standard InChI is InChI=1S/C4H3FO2.FH/c5-4-3-6-1-2-7-4;/h1-3H;1H. The van der Waals surface area contributed by atoms with Gasteiger partial charge in [0.2, 0.25) is 0 Å². The molecule has 0 bridgehead atoms. The molecule has 2 nitrogen and oxygen atoms in total. The van der Waals surface area contributed by atoms with Crippen molar-refractivity contribution in [2.24, 2.45) is 0 Å². The van der Waals surface area contributed by atoms with Gasteiger partial charge in [-0.1, -0.05) is 0 Å². The maximum atomic E-state index is 11.6. The summed E-state index contributed by atoms with van der Waals surface area (Å²) >= 11 is 0. The molecule has 1 aliphatic heterocycles. The number of halogens is 2. The van der Waals surface area contributed by atoms with Crippen molar-refractivity contribution in [3.05, 3.63) is 24.8 Å². The van der Waals surface area contributed by atoms with Gasteiger partial charge in [-0.15, -0.1) is 0 Å². The summed E-state index contributed by atoms with van der Waals surface area (Å²) in [5.74, 6) is 0. The Balaban J connectivity index is 0.000000490. The molecule has 46 valence electrons. The molecule has 4 heteroatoms. The van der Waals surface area contributed by atoms with E-state index in [9.17, 15) is 4.39 Å². The molecule has 8 heavy (non-hydrogen) atoms. The fourth-order valence-corrected chi connectivity index (χ4v) is 0.245. The predicted molar refractivity (Wildman–Crippen MR) is 23.0 cm³/mol. The van der Waals surface area contributed by atoms with Crippen molar-refractivity contribution in [3.8, 4) is 0 Å². The van der Waals surface area contributed by atoms with E-state index < -0.39 is 6.01 Å². The number of rotatable bonds is 0. The van der Waals surface area contributed by atoms with Crippen molar-refractivity contribution >= 4 is 0 Å². The van der Waals surface area contributed by atoms with Crippen LogP contribution in [0.5, 0.6) is 0 Å². The molecule has 0 amide bonds. The van der Waals surface area contributed by atoms with E-state index in [1.807, 2.05) is 0 Å². The Hall–Kier alpha value is -1.06. The highest BCUT2D eigenvalue weighted by Crippen LogP contribution is 2.04. The molecule has 0 N–H and O–H groups in total. The molecule has 0 spiro atoms. The topological polar surface area (TPSA) is 18.5 Å². The highest BCUT2D eigenvalue weighted by Gasteiger charge is 1.93. The Bertz CT molecular complexity index is 119. The normalized spacial score (nSPS) is 14.9. The fourth-order valence-electron chi connectivity index (χ4n) is 0.245. The fraction of sp³-hybridized carbons (Fsp3) is 0. The number of hydrogen-bond acceptors (Lipinski definition) is 2. The first-order valence-electron chi connectivity index (χ1n) is 1.72. The van der Waals surface area contributed by atoms with Crippen LogP contribution in [0.15, 0.2) is 24.8 Å². The predicted octanol–water partition coefficient (Wildman–Crippen LogP) is 1.43. The summed E-state index contributed by atoms with van der Waals surface area (Å²) in [5.41, 5.74) is 0. The average Bonchev–Trinajstić information content (AvgIpc) is 1.69. The third-order valence-electron chi connectivity index (χ3n) is 0.475. The van der Waals surface area contributed by atoms with Crippen LogP contribution in [0.3, 0.4) is 0 Å². The van der Waals surface area contributed by atoms with Crippen molar-refractivity contribution in [1.29, 1.82) is 0 Å². The van der Waals surface area contributed by atoms with Gasteiger partial charge in [-0.25, -0.2) is 0 Å². The van der Waals surface area contributed by atoms with E-state index in [0.717, 1.165) is 12.5 Å². The largest absolute Gasteiger partial charge is 0.463 e. The monoisotopic (exact) mass is 122 g/mol. The van der Waals surface area contributed by atoms with Gasteiger partial charge in [0.25, 0.3) is 0 Å². The maximum absolute atomic E-state index is 11.6. The summed E-state index contributed by atoms with van der Waals surface area (Å²) in [6.45, 7) is 0. The first-order valence-corrected chi connectivity index (χ1v) is 1.72. The summed E-state index contributed by atoms with van der Waals surface area (Å²) in [6, 6.07) is -0.720. The molecule has 0 aromatic rings. The SMILES string of the molecule is F.FC1=COC=CO1. The van der Waals surface area contributed by atoms with E-state index in [1.165, 1.54) is 6.26 Å². The van der Waals surface area contributed by atoms with Gasteiger partial charge in [0.15, 0.2) is 6.26 Å². The van der Waals surface area contributed by atoms with Gasteiger partial charge >= 0.3 is 6.01 Å². The highest BCUT2D eigenvalue weighted by molar-refractivity contribution is 4.84. The first kappa shape index (κ1) is 6.94. The Morgan fingerprint density at radius 3 is 2.38 bits per heavy atom. The van der Waals surface area contributed by atoms with E-state index in [0.29, 0.717) is 0 Å². The smallest absolute Gasteiger partial charge is 0.313 e. The van der Waals surface area contributed by atoms with E-state index in [4.69, 9.17) is 0 Å². The molecule has 1 heterocycles. The molecule has 0 unspecified atom stereocenters. The van der Waals surface area contributed by atoms with Crippen LogP contribution in [-0.4, -0.2) is 0 Å². The van der Waals surface area contributed by atoms with E-state index >= 15 is 0 Å². The van der Waals surface area contributed by atoms with Gasteiger partial charge in [0.05, 0.1) is 0 Å². The van der Waals surface area contributed by atoms with Crippen LogP contribution in [0.4, 0.5) is 9.09 Å². The van der Waals surface area contributed by atoms with Crippen LogP contribution < -0.4 is 0 Å². The van der Waals surface area contributed by atoms with E-state index in [-0.39, 0.29) is 4.70 Å². The summed E-state index contributed by atoms with van der Waals surface area (Å²) in [5, 5.41) is 0. The van der Waals surface area contributed by atoms with Gasteiger partial charge in [0.1, 0.15) is 12.5 Å². The lowest BCUT2D eigenvalue weighted by Crippen LogP contribution is -1.83. The van der Waals surface area contributed by atoms with E-state index in [2.05, 4.69) is 9.47 Å². The summed E-state index contributed by atoms with van der Waals surface area (Å²) in [4.78, 5) is 0. The van der Waals surface area contributed by atoms with Crippen LogP contribution in [0.25, 0.3) is 0 Å². The Morgan fingerprint density at radius 1 is 1.38 bits per heavy atom. The van der Waals surface area contributed by atoms with Crippen LogP contribution >= 0.6 is 0 Å². The van der Waals surface area contributed by atoms with E-state index in [1.54, 1.807) is 0 Å². The van der Waals surface area contributed by atoms with Gasteiger partial charge in [-0.3, -0.25) is 4.70 Å². The van der Waals surface area contributed by atoms with Crippen molar-refractivity contribution in [3.63, 3.8) is 0 Å². The molecule has 0 radical (unpaired) electrons. The summed E-state index contributed by atoms with van der Waals surface area (Å²) < 4.78 is 20.2. The summed E-state index contributed by atoms with van der Waals surface area (Å²) in [7, 11) is 0. The van der Waals surface area contributed by atoms with Crippen molar-refractivity contribution < 1.29 is 18.6 Å². The lowest BCUT2D eigenvalue weighted by molar-refractivity contribution is 0.186. The molecule has 0 aromatic carbocycles. The molecule has 0 atom stereocenters. The first-order chi connectivity index (χ1) is 3.39. The molecule has 1 rings (SSSR count). The molecular weight excluding hydrogens is 118 g/mol. The average molecular weight is 122 g/mol. The third kappa shape index (κ3) is 1.59. The lowest BCUT2D eigenvalue weighted by atomic mass is 10.9. The molecule has 0 saturated heterocycles. The molecule has 0 aliphatic carbocycles. The summed E-state index contributed by atoms with van der Waals surface area (Å²) in [6.07, 6.45) is 3.23. The maximum Gasteiger partial charge on any atom is 0.313 e. The zero-order valence-corrected chi connectivity index (χ0v) is 3.83. The highest BCUT2D eigenvalue weighted by atomic mass is 19.1. The molecule has 0 aromatic heterocycles. The second-order valence-electron chi connectivity index (χ2n) is 0.948. The van der Waals surface area contributed by atoms with Crippen LogP contribution in [-0.2, 0) is 9.47 Å². The number of hydrogen-bond donors (Lipinski definition) is 0. The lowest BCUT2D eigenvalue weighted by Gasteiger charge is -1.98. The van der Waals surface area contributed by atoms with Gasteiger partial charge < -0.3 is 9.47 Å². The minimum Gasteiger partial charge on any atom is -0.463 e.